The molecule has 1 nitrogen and oxygen atoms in total. The molecule has 0 saturated heterocycles. The van der Waals surface area contributed by atoms with E-state index in [1.54, 1.807) is 0 Å². The molecule has 0 spiro atoms. The van der Waals surface area contributed by atoms with Crippen LogP contribution >= 0.6 is 22.6 Å². The van der Waals surface area contributed by atoms with Crippen LogP contribution in [0.5, 0.6) is 0 Å². The van der Waals surface area contributed by atoms with Crippen LogP contribution in [-0.4, -0.2) is 10.7 Å². The summed E-state index contributed by atoms with van der Waals surface area (Å²) in [6.45, 7) is 8.60. The zero-order valence-electron chi connectivity index (χ0n) is 6.69. The van der Waals surface area contributed by atoms with E-state index in [1.165, 1.54) is 6.42 Å². The van der Waals surface area contributed by atoms with Crippen LogP contribution in [0, 0.1) is 0 Å². The molecule has 60 valence electrons. The van der Waals surface area contributed by atoms with Gasteiger partial charge in [-0.1, -0.05) is 48.1 Å². The standard InChI is InChI=1S/C8H15IO/c1-4-5-8(9)10-6-7(2)3/h8H,2,4-6H2,1,3H3. The highest BCUT2D eigenvalue weighted by molar-refractivity contribution is 14.1. The fraction of sp³-hybridized carbons (Fsp3) is 0.750. The number of hydrogen-bond acceptors (Lipinski definition) is 1. The van der Waals surface area contributed by atoms with Crippen LogP contribution in [0.4, 0.5) is 0 Å². The van der Waals surface area contributed by atoms with Crippen molar-refractivity contribution in [1.82, 2.24) is 0 Å². The Morgan fingerprint density at radius 3 is 2.70 bits per heavy atom. The van der Waals surface area contributed by atoms with Gasteiger partial charge in [-0.2, -0.15) is 0 Å². The summed E-state index contributed by atoms with van der Waals surface area (Å²) in [7, 11) is 0. The summed E-state index contributed by atoms with van der Waals surface area (Å²) in [5.74, 6) is 0. The summed E-state index contributed by atoms with van der Waals surface area (Å²) in [6.07, 6.45) is 2.32. The molecule has 0 radical (unpaired) electrons. The van der Waals surface area contributed by atoms with E-state index < -0.39 is 0 Å². The molecule has 10 heavy (non-hydrogen) atoms. The first kappa shape index (κ1) is 10.4. The van der Waals surface area contributed by atoms with Crippen LogP contribution in [-0.2, 0) is 4.74 Å². The van der Waals surface area contributed by atoms with Gasteiger partial charge in [-0.3, -0.25) is 0 Å². The Kier molecular flexibility index (Phi) is 6.43. The van der Waals surface area contributed by atoms with Crippen molar-refractivity contribution < 1.29 is 4.74 Å². The second kappa shape index (κ2) is 6.16. The van der Waals surface area contributed by atoms with Crippen molar-refractivity contribution in [1.29, 1.82) is 0 Å². The van der Waals surface area contributed by atoms with E-state index in [-0.39, 0.29) is 0 Å². The predicted octanol–water partition coefficient (Wildman–Crippen LogP) is 3.14. The maximum absolute atomic E-state index is 5.43. The molecule has 0 aliphatic carbocycles. The van der Waals surface area contributed by atoms with E-state index in [1.807, 2.05) is 6.92 Å². The summed E-state index contributed by atoms with van der Waals surface area (Å²) in [5, 5.41) is 0. The van der Waals surface area contributed by atoms with E-state index in [2.05, 4.69) is 36.1 Å². The first-order chi connectivity index (χ1) is 4.66. The van der Waals surface area contributed by atoms with E-state index in [4.69, 9.17) is 4.74 Å². The summed E-state index contributed by atoms with van der Waals surface area (Å²) in [4.78, 5) is 0. The molecule has 1 unspecified atom stereocenters. The molecule has 0 aromatic heterocycles. The van der Waals surface area contributed by atoms with Crippen molar-refractivity contribution in [3.8, 4) is 0 Å². The van der Waals surface area contributed by atoms with Crippen LogP contribution in [0.1, 0.15) is 26.7 Å². The molecule has 0 aliphatic heterocycles. The lowest BCUT2D eigenvalue weighted by atomic mass is 10.3. The zero-order chi connectivity index (χ0) is 7.98. The second-order valence-electron chi connectivity index (χ2n) is 2.47. The van der Waals surface area contributed by atoms with Crippen molar-refractivity contribution in [2.24, 2.45) is 0 Å². The van der Waals surface area contributed by atoms with Crippen LogP contribution in [0.3, 0.4) is 0 Å². The van der Waals surface area contributed by atoms with Crippen molar-refractivity contribution in [2.75, 3.05) is 6.61 Å². The first-order valence-electron chi connectivity index (χ1n) is 3.57. The van der Waals surface area contributed by atoms with Gasteiger partial charge in [0.2, 0.25) is 0 Å². The number of halogens is 1. The summed E-state index contributed by atoms with van der Waals surface area (Å²) in [6, 6.07) is 0. The molecule has 0 bridgehead atoms. The minimum Gasteiger partial charge on any atom is -0.364 e. The number of hydrogen-bond donors (Lipinski definition) is 0. The Bertz CT molecular complexity index is 101. The highest BCUT2D eigenvalue weighted by Crippen LogP contribution is 2.10. The van der Waals surface area contributed by atoms with Gasteiger partial charge in [0.1, 0.15) is 4.11 Å². The molecule has 0 aromatic carbocycles. The molecule has 0 heterocycles. The van der Waals surface area contributed by atoms with E-state index >= 15 is 0 Å². The monoisotopic (exact) mass is 254 g/mol. The largest absolute Gasteiger partial charge is 0.364 e. The van der Waals surface area contributed by atoms with Crippen molar-refractivity contribution in [3.05, 3.63) is 12.2 Å². The second-order valence-corrected chi connectivity index (χ2v) is 3.86. The normalized spacial score (nSPS) is 13.1. The molecule has 0 fully saturated rings. The van der Waals surface area contributed by atoms with Crippen molar-refractivity contribution >= 4 is 22.6 Å². The summed E-state index contributed by atoms with van der Waals surface area (Å²) < 4.78 is 5.79. The highest BCUT2D eigenvalue weighted by Gasteiger charge is 2.00. The lowest BCUT2D eigenvalue weighted by molar-refractivity contribution is 0.138. The minimum absolute atomic E-state index is 0.360. The lowest BCUT2D eigenvalue weighted by Gasteiger charge is -2.09. The van der Waals surface area contributed by atoms with Crippen molar-refractivity contribution in [2.45, 2.75) is 30.8 Å². The molecule has 0 N–H and O–H groups in total. The van der Waals surface area contributed by atoms with Gasteiger partial charge in [0, 0.05) is 0 Å². The van der Waals surface area contributed by atoms with Crippen LogP contribution in [0.2, 0.25) is 0 Å². The fourth-order valence-electron chi connectivity index (χ4n) is 0.543. The van der Waals surface area contributed by atoms with Crippen LogP contribution in [0.15, 0.2) is 12.2 Å². The summed E-state index contributed by atoms with van der Waals surface area (Å²) >= 11 is 2.31. The predicted molar refractivity (Wildman–Crippen MR) is 53.5 cm³/mol. The van der Waals surface area contributed by atoms with E-state index in [0.29, 0.717) is 10.7 Å². The Morgan fingerprint density at radius 1 is 1.70 bits per heavy atom. The Labute approximate surface area is 77.0 Å². The highest BCUT2D eigenvalue weighted by atomic mass is 127. The molecular weight excluding hydrogens is 239 g/mol. The zero-order valence-corrected chi connectivity index (χ0v) is 8.85. The number of alkyl halides is 1. The quantitative estimate of drug-likeness (QED) is 0.416. The molecule has 2 heteroatoms. The Balaban J connectivity index is 3.21. The molecule has 0 saturated carbocycles. The first-order valence-corrected chi connectivity index (χ1v) is 4.81. The average molecular weight is 254 g/mol. The van der Waals surface area contributed by atoms with Gasteiger partial charge in [-0.05, 0) is 13.3 Å². The van der Waals surface area contributed by atoms with Gasteiger partial charge in [0.05, 0.1) is 6.61 Å². The molecule has 0 amide bonds. The fourth-order valence-corrected chi connectivity index (χ4v) is 1.35. The smallest absolute Gasteiger partial charge is 0.109 e. The third kappa shape index (κ3) is 6.55. The topological polar surface area (TPSA) is 9.23 Å². The minimum atomic E-state index is 0.360. The lowest BCUT2D eigenvalue weighted by Crippen LogP contribution is -2.05. The Morgan fingerprint density at radius 2 is 2.30 bits per heavy atom. The van der Waals surface area contributed by atoms with Gasteiger partial charge in [0.25, 0.3) is 0 Å². The van der Waals surface area contributed by atoms with Gasteiger partial charge in [0.15, 0.2) is 0 Å². The van der Waals surface area contributed by atoms with Gasteiger partial charge in [-0.25, -0.2) is 0 Å². The van der Waals surface area contributed by atoms with E-state index in [9.17, 15) is 0 Å². The van der Waals surface area contributed by atoms with E-state index in [0.717, 1.165) is 12.0 Å². The Hall–Kier alpha value is 0.430. The molecule has 1 atom stereocenters. The molecule has 0 rings (SSSR count). The number of ether oxygens (including phenoxy) is 1. The molecular formula is C8H15IO. The molecule has 0 aliphatic rings. The van der Waals surface area contributed by atoms with Crippen LogP contribution < -0.4 is 0 Å². The number of rotatable bonds is 5. The van der Waals surface area contributed by atoms with Crippen molar-refractivity contribution in [3.63, 3.8) is 0 Å². The SMILES string of the molecule is C=C(C)COC(I)CCC. The maximum Gasteiger partial charge on any atom is 0.109 e. The molecule has 0 aromatic rings. The van der Waals surface area contributed by atoms with Gasteiger partial charge >= 0.3 is 0 Å². The average Bonchev–Trinajstić information content (AvgIpc) is 1.85. The third-order valence-electron chi connectivity index (χ3n) is 1.03. The summed E-state index contributed by atoms with van der Waals surface area (Å²) in [5.41, 5.74) is 1.10. The maximum atomic E-state index is 5.43. The third-order valence-corrected chi connectivity index (χ3v) is 2.01. The van der Waals surface area contributed by atoms with Crippen LogP contribution in [0.25, 0.3) is 0 Å². The van der Waals surface area contributed by atoms with Gasteiger partial charge < -0.3 is 4.74 Å². The van der Waals surface area contributed by atoms with Gasteiger partial charge in [-0.15, -0.1) is 0 Å².